The zero-order valence-corrected chi connectivity index (χ0v) is 21.3. The van der Waals surface area contributed by atoms with Crippen LogP contribution in [0.2, 0.25) is 0 Å². The molecule has 0 aliphatic heterocycles. The zero-order valence-electron chi connectivity index (χ0n) is 21.3. The van der Waals surface area contributed by atoms with Crippen molar-refractivity contribution in [3.05, 3.63) is 60.8 Å². The monoisotopic (exact) mass is 447 g/mol. The van der Waals surface area contributed by atoms with E-state index in [0.717, 1.165) is 51.4 Å². The normalized spacial score (nSPS) is 13.6. The highest BCUT2D eigenvalue weighted by atomic mass is 16.5. The lowest BCUT2D eigenvalue weighted by Crippen LogP contribution is -2.26. The minimum atomic E-state index is -0.865. The van der Waals surface area contributed by atoms with Crippen LogP contribution < -0.4 is 5.73 Å². The molecular weight excluding hydrogens is 398 g/mol. The van der Waals surface area contributed by atoms with Crippen LogP contribution in [0.15, 0.2) is 60.8 Å². The average Bonchev–Trinajstić information content (AvgIpc) is 2.71. The van der Waals surface area contributed by atoms with Crippen LogP contribution in [0.3, 0.4) is 0 Å². The Morgan fingerprint density at radius 3 is 1.59 bits per heavy atom. The second-order valence-corrected chi connectivity index (χ2v) is 8.68. The number of rotatable bonds is 17. The smallest absolute Gasteiger partial charge is 0.332 e. The number of carbonyl (C=O) groups is 1. The van der Waals surface area contributed by atoms with Crippen LogP contribution in [-0.4, -0.2) is 29.3 Å². The van der Waals surface area contributed by atoms with Gasteiger partial charge in [-0.25, -0.2) is 4.79 Å². The Morgan fingerprint density at radius 2 is 1.22 bits per heavy atom. The van der Waals surface area contributed by atoms with Gasteiger partial charge in [0.2, 0.25) is 0 Å². The molecule has 4 heteroatoms. The highest BCUT2D eigenvalue weighted by Crippen LogP contribution is 2.03. The van der Waals surface area contributed by atoms with Gasteiger partial charge in [0.1, 0.15) is 0 Å². The van der Waals surface area contributed by atoms with E-state index in [1.807, 2.05) is 27.7 Å². The number of allylic oxidation sites excluding steroid dienone is 10. The minimum Gasteiger partial charge on any atom is -0.479 e. The molecule has 1 unspecified atom stereocenters. The second kappa shape index (κ2) is 23.7. The number of aliphatic carboxylic acids is 1. The third kappa shape index (κ3) is 32.7. The molecule has 0 aromatic rings. The quantitative estimate of drug-likeness (QED) is 0.178. The molecule has 0 amide bonds. The molecule has 0 saturated heterocycles. The van der Waals surface area contributed by atoms with Gasteiger partial charge in [0, 0.05) is 12.1 Å². The fraction of sp³-hybridized carbons (Fsp3) is 0.607. The number of unbranched alkanes of at least 4 members (excludes halogenated alkanes) is 2. The molecule has 0 radical (unpaired) electrons. The van der Waals surface area contributed by atoms with Crippen LogP contribution in [0.5, 0.6) is 0 Å². The van der Waals surface area contributed by atoms with Gasteiger partial charge in [-0.05, 0) is 78.6 Å². The number of ether oxygens (including phenoxy) is 1. The molecule has 32 heavy (non-hydrogen) atoms. The number of nitrogens with two attached hydrogens (primary N) is 1. The van der Waals surface area contributed by atoms with E-state index in [4.69, 9.17) is 15.6 Å². The molecule has 0 aliphatic carbocycles. The van der Waals surface area contributed by atoms with E-state index in [9.17, 15) is 4.79 Å². The lowest BCUT2D eigenvalue weighted by atomic mass is 10.1. The molecule has 0 spiro atoms. The van der Waals surface area contributed by atoms with E-state index in [0.29, 0.717) is 13.0 Å². The van der Waals surface area contributed by atoms with Crippen LogP contribution in [0.25, 0.3) is 0 Å². The fourth-order valence-corrected chi connectivity index (χ4v) is 2.32. The molecule has 0 aliphatic rings. The summed E-state index contributed by atoms with van der Waals surface area (Å²) in [5.41, 5.74) is 5.35. The Kier molecular flexibility index (Phi) is 23.9. The first-order valence-electron chi connectivity index (χ1n) is 12.1. The molecule has 0 heterocycles. The van der Waals surface area contributed by atoms with Gasteiger partial charge in [-0.1, -0.05) is 74.6 Å². The molecule has 0 rings (SSSR count). The standard InChI is InChI=1S/C24H38O3.C4H11N/c1-3-5-6-7-8-9-10-11-12-13-14-15-16-17-18-19-20-21-22-27-23(4-2)24(25)26;1-4(2,3)5/h5-6,8-9,11-12,14-15,17-18,23H,3-4,7,10,13,16,19-22H2,1-2H3,(H,25,26);5H2,1-3H3. The van der Waals surface area contributed by atoms with Gasteiger partial charge in [0.05, 0.1) is 0 Å². The van der Waals surface area contributed by atoms with Crippen molar-refractivity contribution in [3.8, 4) is 0 Å². The predicted octanol–water partition coefficient (Wildman–Crippen LogP) is 7.53. The van der Waals surface area contributed by atoms with Gasteiger partial charge >= 0.3 is 5.97 Å². The van der Waals surface area contributed by atoms with Crippen LogP contribution >= 0.6 is 0 Å². The fourth-order valence-electron chi connectivity index (χ4n) is 2.32. The van der Waals surface area contributed by atoms with Crippen molar-refractivity contribution in [3.63, 3.8) is 0 Å². The molecule has 1 atom stereocenters. The van der Waals surface area contributed by atoms with E-state index in [-0.39, 0.29) is 5.54 Å². The number of carboxylic acid groups (broad SMARTS) is 1. The summed E-state index contributed by atoms with van der Waals surface area (Å²) in [7, 11) is 0. The Labute approximate surface area is 198 Å². The van der Waals surface area contributed by atoms with Gasteiger partial charge in [0.25, 0.3) is 0 Å². The van der Waals surface area contributed by atoms with Crippen LogP contribution in [0.1, 0.15) is 92.4 Å². The molecule has 0 bridgehead atoms. The Balaban J connectivity index is 0. The zero-order chi connectivity index (χ0) is 24.5. The summed E-state index contributed by atoms with van der Waals surface area (Å²) in [6.45, 7) is 10.4. The molecule has 184 valence electrons. The summed E-state index contributed by atoms with van der Waals surface area (Å²) in [5, 5.41) is 8.87. The Hall–Kier alpha value is -1.91. The second-order valence-electron chi connectivity index (χ2n) is 8.68. The van der Waals surface area contributed by atoms with E-state index in [1.54, 1.807) is 0 Å². The largest absolute Gasteiger partial charge is 0.479 e. The van der Waals surface area contributed by atoms with Crippen molar-refractivity contribution in [1.82, 2.24) is 0 Å². The van der Waals surface area contributed by atoms with Crippen molar-refractivity contribution in [2.24, 2.45) is 5.73 Å². The third-order valence-electron chi connectivity index (χ3n) is 3.89. The summed E-state index contributed by atoms with van der Waals surface area (Å²) in [6.07, 6.45) is 29.9. The SMILES string of the molecule is CC(C)(C)N.CCC=CCC=CCC=CCC=CCC=CCCCCOC(CC)C(=O)O. The van der Waals surface area contributed by atoms with E-state index in [1.165, 1.54) is 0 Å². The van der Waals surface area contributed by atoms with E-state index in [2.05, 4.69) is 67.7 Å². The highest BCUT2D eigenvalue weighted by Gasteiger charge is 2.14. The number of carboxylic acids is 1. The first-order chi connectivity index (χ1) is 15.2. The first-order valence-corrected chi connectivity index (χ1v) is 12.1. The van der Waals surface area contributed by atoms with Gasteiger partial charge in [0.15, 0.2) is 6.10 Å². The van der Waals surface area contributed by atoms with E-state index < -0.39 is 12.1 Å². The maximum absolute atomic E-state index is 10.8. The van der Waals surface area contributed by atoms with Crippen LogP contribution in [0.4, 0.5) is 0 Å². The van der Waals surface area contributed by atoms with Gasteiger partial charge in [-0.3, -0.25) is 0 Å². The van der Waals surface area contributed by atoms with E-state index >= 15 is 0 Å². The maximum Gasteiger partial charge on any atom is 0.332 e. The van der Waals surface area contributed by atoms with Crippen LogP contribution in [-0.2, 0) is 9.53 Å². The highest BCUT2D eigenvalue weighted by molar-refractivity contribution is 5.72. The van der Waals surface area contributed by atoms with Crippen molar-refractivity contribution in [2.45, 2.75) is 104 Å². The molecule has 3 N–H and O–H groups in total. The predicted molar refractivity (Wildman–Crippen MR) is 140 cm³/mol. The molecule has 0 fully saturated rings. The summed E-state index contributed by atoms with van der Waals surface area (Å²) in [6, 6.07) is 0. The molecule has 0 saturated carbocycles. The van der Waals surface area contributed by atoms with Gasteiger partial charge < -0.3 is 15.6 Å². The molecule has 4 nitrogen and oxygen atoms in total. The molecule has 0 aromatic carbocycles. The van der Waals surface area contributed by atoms with Crippen molar-refractivity contribution in [1.29, 1.82) is 0 Å². The summed E-state index contributed by atoms with van der Waals surface area (Å²) >= 11 is 0. The minimum absolute atomic E-state index is 0. The van der Waals surface area contributed by atoms with Crippen LogP contribution in [0, 0.1) is 0 Å². The summed E-state index contributed by atoms with van der Waals surface area (Å²) < 4.78 is 5.33. The lowest BCUT2D eigenvalue weighted by Gasteiger charge is -2.10. The number of hydrogen-bond donors (Lipinski definition) is 2. The van der Waals surface area contributed by atoms with Crippen molar-refractivity contribution >= 4 is 5.97 Å². The topological polar surface area (TPSA) is 72.5 Å². The first kappa shape index (κ1) is 32.3. The Morgan fingerprint density at radius 1 is 0.812 bits per heavy atom. The van der Waals surface area contributed by atoms with Crippen molar-refractivity contribution < 1.29 is 14.6 Å². The van der Waals surface area contributed by atoms with Gasteiger partial charge in [-0.2, -0.15) is 0 Å². The van der Waals surface area contributed by atoms with Crippen molar-refractivity contribution in [2.75, 3.05) is 6.61 Å². The summed E-state index contributed by atoms with van der Waals surface area (Å²) in [4.78, 5) is 10.8. The average molecular weight is 448 g/mol. The third-order valence-corrected chi connectivity index (χ3v) is 3.89. The number of hydrogen-bond acceptors (Lipinski definition) is 3. The molecular formula is C28H49NO3. The van der Waals surface area contributed by atoms with Gasteiger partial charge in [-0.15, -0.1) is 0 Å². The summed E-state index contributed by atoms with van der Waals surface area (Å²) in [5.74, 6) is -0.865. The lowest BCUT2D eigenvalue weighted by molar-refractivity contribution is -0.150. The Bertz CT molecular complexity index is 560. The maximum atomic E-state index is 10.8. The molecule has 0 aromatic heterocycles.